The first-order valence-electron chi connectivity index (χ1n) is 1.55. The van der Waals surface area contributed by atoms with Gasteiger partial charge < -0.3 is 0 Å². The molecule has 0 aliphatic carbocycles. The van der Waals surface area contributed by atoms with Crippen molar-refractivity contribution in [2.45, 2.75) is 0 Å². The van der Waals surface area contributed by atoms with E-state index in [0.717, 1.165) is 0 Å². The molecule has 0 amide bonds. The summed E-state index contributed by atoms with van der Waals surface area (Å²) in [4.78, 5) is 9.92. The Labute approximate surface area is 76.8 Å². The van der Waals surface area contributed by atoms with Crippen molar-refractivity contribution < 1.29 is 11.7 Å². The molecule has 67 valence electrons. The van der Waals surface area contributed by atoms with Crippen LogP contribution in [0.4, 0.5) is 0 Å². The Bertz CT molecular complexity index is 167. The number of nitrogens with zero attached hydrogens (tertiary/aromatic N) is 1. The zero-order valence-corrected chi connectivity index (χ0v) is 11.8. The maximum absolute atomic E-state index is 9.92. The summed E-state index contributed by atoms with van der Waals surface area (Å²) in [5, 5.41) is 9.92. The van der Waals surface area contributed by atoms with Crippen molar-refractivity contribution in [3.8, 4) is 0 Å². The Balaban J connectivity index is 4.59. The van der Waals surface area contributed by atoms with Crippen molar-refractivity contribution in [3.63, 3.8) is 0 Å². The predicted octanol–water partition coefficient (Wildman–Crippen LogP) is 2.26. The standard InChI is InChI=1S/5ClH.Ir.H2NO2Si/c;;;;;;2-1(3)4/h5*1H;;4H2/q;;;;;+5;/p-5. The van der Waals surface area contributed by atoms with Gasteiger partial charge in [0.2, 0.25) is 0 Å². The van der Waals surface area contributed by atoms with Crippen molar-refractivity contribution in [1.29, 1.82) is 0 Å². The molecular formula is H2Cl5IrNO2Si. The first-order chi connectivity index (χ1) is 3.89. The van der Waals surface area contributed by atoms with E-state index in [4.69, 9.17) is 47.9 Å². The molecule has 0 aromatic rings. The van der Waals surface area contributed by atoms with Gasteiger partial charge in [-0.1, -0.05) is 0 Å². The fourth-order valence-corrected chi connectivity index (χ4v) is 12.0. The first-order valence-corrected chi connectivity index (χ1v) is 22.6. The van der Waals surface area contributed by atoms with Crippen molar-refractivity contribution in [3.05, 3.63) is 10.1 Å². The summed E-state index contributed by atoms with van der Waals surface area (Å²) >= 11 is 0. The Morgan fingerprint density at radius 1 is 1.20 bits per heavy atom. The van der Waals surface area contributed by atoms with E-state index in [1.54, 1.807) is 0 Å². The first kappa shape index (κ1) is 11.7. The molecule has 0 heterocycles. The number of hydrogen-bond donors (Lipinski definition) is 0. The molecule has 3 nitrogen and oxygen atoms in total. The third kappa shape index (κ3) is 9.72. The van der Waals surface area contributed by atoms with Crippen LogP contribution < -0.4 is 0 Å². The number of rotatable bonds is 2. The molecule has 0 bridgehead atoms. The van der Waals surface area contributed by atoms with E-state index >= 15 is 0 Å². The second-order valence-corrected chi connectivity index (χ2v) is 71.3. The van der Waals surface area contributed by atoms with E-state index in [2.05, 4.69) is 0 Å². The van der Waals surface area contributed by atoms with Crippen LogP contribution in [0.2, 0.25) is 0 Å². The molecule has 0 unspecified atom stereocenters. The zero-order valence-electron chi connectivity index (χ0n) is 4.19. The number of hydrogen-bond acceptors (Lipinski definition) is 2. The third-order valence-electron chi connectivity index (χ3n) is 0.285. The molecule has 0 aromatic carbocycles. The average molecular weight is 446 g/mol. The van der Waals surface area contributed by atoms with Gasteiger partial charge in [-0.25, -0.2) is 0 Å². The SMILES string of the molecule is O=[N+]([O-])[SiH2][Ir]([Cl])([Cl])([Cl])([Cl])[Cl]. The Hall–Kier alpha value is 1.72. The van der Waals surface area contributed by atoms with Crippen molar-refractivity contribution >= 4 is 55.7 Å². The molecule has 10 heteroatoms. The molecule has 0 fully saturated rings. The van der Waals surface area contributed by atoms with Gasteiger partial charge in [-0.15, -0.1) is 0 Å². The van der Waals surface area contributed by atoms with Gasteiger partial charge in [-0.2, -0.15) is 0 Å². The van der Waals surface area contributed by atoms with Crippen LogP contribution in [0.5, 0.6) is 0 Å². The molecule has 0 radical (unpaired) electrons. The topological polar surface area (TPSA) is 43.1 Å². The second-order valence-electron chi connectivity index (χ2n) is 1.36. The van der Waals surface area contributed by atoms with E-state index in [-0.39, 0.29) is 0 Å². The van der Waals surface area contributed by atoms with Gasteiger partial charge in [0.25, 0.3) is 0 Å². The summed E-state index contributed by atoms with van der Waals surface area (Å²) in [5.74, 6) is 0. The van der Waals surface area contributed by atoms with Gasteiger partial charge in [0, 0.05) is 0 Å². The number of nitro groups is 1. The van der Waals surface area contributed by atoms with Gasteiger partial charge >= 0.3 is 77.5 Å². The van der Waals surface area contributed by atoms with Crippen molar-refractivity contribution in [1.82, 2.24) is 0 Å². The second kappa shape index (κ2) is 2.36. The van der Waals surface area contributed by atoms with Gasteiger partial charge in [-0.3, -0.25) is 0 Å². The molecule has 0 aliphatic heterocycles. The quantitative estimate of drug-likeness (QED) is 0.372. The molecule has 0 saturated carbocycles. The summed E-state index contributed by atoms with van der Waals surface area (Å²) in [6.07, 6.45) is 0. The van der Waals surface area contributed by atoms with Crippen LogP contribution in [0.1, 0.15) is 0 Å². The average Bonchev–Trinajstić information content (AvgIpc) is 1.12. The molecule has 0 rings (SSSR count). The van der Waals surface area contributed by atoms with Crippen LogP contribution in [0.15, 0.2) is 0 Å². The molecular weight excluding hydrogens is 444 g/mol. The minimum absolute atomic E-state index is 0.711. The number of halogens is 5. The van der Waals surface area contributed by atoms with Gasteiger partial charge in [-0.05, 0) is 0 Å². The fourth-order valence-electron chi connectivity index (χ4n) is 0.163. The van der Waals surface area contributed by atoms with Crippen LogP contribution in [0, 0.1) is 10.1 Å². The van der Waals surface area contributed by atoms with E-state index < -0.39 is 19.5 Å². The molecule has 0 aliphatic rings. The minimum atomic E-state index is -5.56. The molecule has 0 spiro atoms. The third-order valence-corrected chi connectivity index (χ3v) is 16.8. The van der Waals surface area contributed by atoms with E-state index in [1.807, 2.05) is 0 Å². The normalized spacial score (nSPS) is 20.5. The predicted molar refractivity (Wildman–Crippen MR) is 44.8 cm³/mol. The maximum atomic E-state index is 9.92. The summed E-state index contributed by atoms with van der Waals surface area (Å²) in [7, 11) is 18.7. The molecule has 0 N–H and O–H groups in total. The van der Waals surface area contributed by atoms with Crippen LogP contribution in [-0.2, 0) is 7.11 Å². The summed E-state index contributed by atoms with van der Waals surface area (Å²) < 4.78 is -0.711. The van der Waals surface area contributed by atoms with Crippen LogP contribution in [-0.4, -0.2) is 12.4 Å². The van der Waals surface area contributed by atoms with Gasteiger partial charge in [0.15, 0.2) is 0 Å². The van der Waals surface area contributed by atoms with Gasteiger partial charge in [0.05, 0.1) is 0 Å². The Kier molecular flexibility index (Phi) is 2.76. The van der Waals surface area contributed by atoms with Crippen LogP contribution in [0.3, 0.4) is 0 Å². The van der Waals surface area contributed by atoms with Crippen LogP contribution >= 0.6 is 47.9 Å². The van der Waals surface area contributed by atoms with Gasteiger partial charge in [0.1, 0.15) is 0 Å². The Morgan fingerprint density at radius 2 is 1.50 bits per heavy atom. The monoisotopic (exact) mass is 444 g/mol. The molecule has 10 heavy (non-hydrogen) atoms. The summed E-state index contributed by atoms with van der Waals surface area (Å²) in [5.41, 5.74) is 0. The molecule has 0 saturated heterocycles. The zero-order chi connectivity index (χ0) is 8.69. The fraction of sp³-hybridized carbons (Fsp3) is 0. The summed E-state index contributed by atoms with van der Waals surface area (Å²) in [6.45, 7) is 0. The van der Waals surface area contributed by atoms with Crippen molar-refractivity contribution in [2.75, 3.05) is 0 Å². The van der Waals surface area contributed by atoms with E-state index in [0.29, 0.717) is 0 Å². The molecule has 0 aromatic heterocycles. The molecule has 0 atom stereocenters. The van der Waals surface area contributed by atoms with E-state index in [1.165, 1.54) is 0 Å². The summed E-state index contributed by atoms with van der Waals surface area (Å²) in [6, 6.07) is 0. The van der Waals surface area contributed by atoms with Crippen LogP contribution in [0.25, 0.3) is 0 Å². The van der Waals surface area contributed by atoms with Crippen molar-refractivity contribution in [2.24, 2.45) is 0 Å². The Morgan fingerprint density at radius 3 is 1.50 bits per heavy atom. The van der Waals surface area contributed by atoms with E-state index in [9.17, 15) is 10.1 Å².